The standard InChI is InChI=1S/C13H7NO4/c15-8-2-4-9-10-3-1-7(14-17)5-12(10)18-13(16)11(9)6-8/h1-6,15H. The number of fused-ring (bicyclic) bond motifs is 3. The Morgan fingerprint density at radius 1 is 1.00 bits per heavy atom. The van der Waals surface area contributed by atoms with Gasteiger partial charge in [-0.1, -0.05) is 0 Å². The summed E-state index contributed by atoms with van der Waals surface area (Å²) in [5.41, 5.74) is -0.0597. The fraction of sp³-hybridized carbons (Fsp3) is 0. The number of benzene rings is 2. The molecule has 0 spiro atoms. The lowest BCUT2D eigenvalue weighted by atomic mass is 10.1. The Labute approximate surface area is 100 Å². The maximum Gasteiger partial charge on any atom is 0.344 e. The van der Waals surface area contributed by atoms with E-state index >= 15 is 0 Å². The highest BCUT2D eigenvalue weighted by Crippen LogP contribution is 2.28. The molecule has 1 aromatic heterocycles. The number of rotatable bonds is 1. The number of nitroso groups, excluding NO2 is 1. The number of nitrogens with zero attached hydrogens (tertiary/aromatic N) is 1. The third-order valence-corrected chi connectivity index (χ3v) is 2.79. The van der Waals surface area contributed by atoms with Gasteiger partial charge >= 0.3 is 5.63 Å². The molecule has 0 atom stereocenters. The summed E-state index contributed by atoms with van der Waals surface area (Å²) < 4.78 is 5.11. The van der Waals surface area contributed by atoms with Crippen LogP contribution >= 0.6 is 0 Å². The molecule has 0 saturated carbocycles. The average Bonchev–Trinajstić information content (AvgIpc) is 2.38. The molecule has 18 heavy (non-hydrogen) atoms. The molecule has 88 valence electrons. The number of phenolic OH excluding ortho intramolecular Hbond substituents is 1. The van der Waals surface area contributed by atoms with E-state index in [1.54, 1.807) is 18.2 Å². The zero-order chi connectivity index (χ0) is 12.7. The van der Waals surface area contributed by atoms with Crippen LogP contribution < -0.4 is 5.63 Å². The highest BCUT2D eigenvalue weighted by molar-refractivity contribution is 6.05. The first-order chi connectivity index (χ1) is 8.69. The Morgan fingerprint density at radius 3 is 2.56 bits per heavy atom. The van der Waals surface area contributed by atoms with E-state index in [2.05, 4.69) is 5.18 Å². The molecule has 5 nitrogen and oxygen atoms in total. The largest absolute Gasteiger partial charge is 0.508 e. The lowest BCUT2D eigenvalue weighted by Crippen LogP contribution is -1.99. The summed E-state index contributed by atoms with van der Waals surface area (Å²) in [5, 5.41) is 13.8. The Hall–Kier alpha value is -2.69. The topological polar surface area (TPSA) is 79.9 Å². The van der Waals surface area contributed by atoms with Crippen LogP contribution in [0.5, 0.6) is 5.75 Å². The summed E-state index contributed by atoms with van der Waals surface area (Å²) >= 11 is 0. The number of phenols is 1. The van der Waals surface area contributed by atoms with Crippen LogP contribution in [0, 0.1) is 4.91 Å². The molecule has 0 fully saturated rings. The summed E-state index contributed by atoms with van der Waals surface area (Å²) in [7, 11) is 0. The van der Waals surface area contributed by atoms with Crippen LogP contribution in [0.3, 0.4) is 0 Å². The Kier molecular flexibility index (Phi) is 2.13. The lowest BCUT2D eigenvalue weighted by Gasteiger charge is -2.02. The van der Waals surface area contributed by atoms with Crippen molar-refractivity contribution in [3.63, 3.8) is 0 Å². The second-order valence-corrected chi connectivity index (χ2v) is 3.89. The molecule has 0 unspecified atom stereocenters. The van der Waals surface area contributed by atoms with Gasteiger partial charge in [-0.05, 0) is 35.5 Å². The van der Waals surface area contributed by atoms with Crippen molar-refractivity contribution in [2.75, 3.05) is 0 Å². The molecule has 2 aromatic carbocycles. The Bertz CT molecular complexity index is 835. The van der Waals surface area contributed by atoms with Crippen molar-refractivity contribution < 1.29 is 9.52 Å². The van der Waals surface area contributed by atoms with Crippen LogP contribution in [0.15, 0.2) is 50.8 Å². The minimum absolute atomic E-state index is 0.000304. The average molecular weight is 241 g/mol. The predicted octanol–water partition coefficient (Wildman–Crippen LogP) is 3.05. The zero-order valence-corrected chi connectivity index (χ0v) is 9.08. The van der Waals surface area contributed by atoms with E-state index in [1.165, 1.54) is 18.2 Å². The third-order valence-electron chi connectivity index (χ3n) is 2.79. The van der Waals surface area contributed by atoms with Gasteiger partial charge in [0.05, 0.1) is 5.39 Å². The predicted molar refractivity (Wildman–Crippen MR) is 67.1 cm³/mol. The van der Waals surface area contributed by atoms with Crippen LogP contribution in [0.1, 0.15) is 0 Å². The monoisotopic (exact) mass is 241 g/mol. The number of aromatic hydroxyl groups is 1. The molecule has 0 radical (unpaired) electrons. The van der Waals surface area contributed by atoms with E-state index in [1.807, 2.05) is 0 Å². The third kappa shape index (κ3) is 1.45. The first kappa shape index (κ1) is 10.5. The maximum atomic E-state index is 11.8. The quantitative estimate of drug-likeness (QED) is 0.403. The second-order valence-electron chi connectivity index (χ2n) is 3.89. The summed E-state index contributed by atoms with van der Waals surface area (Å²) in [6.07, 6.45) is 0. The fourth-order valence-corrected chi connectivity index (χ4v) is 1.97. The van der Waals surface area contributed by atoms with E-state index in [-0.39, 0.29) is 11.4 Å². The van der Waals surface area contributed by atoms with Crippen molar-refractivity contribution in [3.8, 4) is 5.75 Å². The highest BCUT2D eigenvalue weighted by Gasteiger charge is 2.08. The number of hydrogen-bond donors (Lipinski definition) is 1. The molecule has 0 saturated heterocycles. The summed E-state index contributed by atoms with van der Waals surface area (Å²) in [6, 6.07) is 9.10. The molecule has 1 N–H and O–H groups in total. The van der Waals surface area contributed by atoms with E-state index in [9.17, 15) is 14.8 Å². The van der Waals surface area contributed by atoms with E-state index in [0.29, 0.717) is 21.7 Å². The fourth-order valence-electron chi connectivity index (χ4n) is 1.97. The van der Waals surface area contributed by atoms with Crippen LogP contribution in [0.25, 0.3) is 21.7 Å². The van der Waals surface area contributed by atoms with Crippen molar-refractivity contribution in [1.29, 1.82) is 0 Å². The minimum atomic E-state index is -0.559. The lowest BCUT2D eigenvalue weighted by molar-refractivity contribution is 0.475. The highest BCUT2D eigenvalue weighted by atomic mass is 16.4. The molecule has 1 heterocycles. The Morgan fingerprint density at radius 2 is 1.78 bits per heavy atom. The molecular weight excluding hydrogens is 234 g/mol. The van der Waals surface area contributed by atoms with Gasteiger partial charge in [0.25, 0.3) is 0 Å². The van der Waals surface area contributed by atoms with Crippen LogP contribution in [0.2, 0.25) is 0 Å². The smallest absolute Gasteiger partial charge is 0.344 e. The normalized spacial score (nSPS) is 10.9. The van der Waals surface area contributed by atoms with Crippen LogP contribution in [-0.4, -0.2) is 5.11 Å². The van der Waals surface area contributed by atoms with Crippen molar-refractivity contribution in [3.05, 3.63) is 51.7 Å². The van der Waals surface area contributed by atoms with Crippen molar-refractivity contribution in [2.45, 2.75) is 0 Å². The molecule has 3 rings (SSSR count). The van der Waals surface area contributed by atoms with Gasteiger partial charge in [0.2, 0.25) is 0 Å². The van der Waals surface area contributed by atoms with Gasteiger partial charge < -0.3 is 9.52 Å². The van der Waals surface area contributed by atoms with E-state index in [0.717, 1.165) is 0 Å². The summed E-state index contributed by atoms with van der Waals surface area (Å²) in [5.74, 6) is 0.000304. The van der Waals surface area contributed by atoms with Gasteiger partial charge in [0.15, 0.2) is 0 Å². The Balaban J connectivity index is 2.54. The van der Waals surface area contributed by atoms with Gasteiger partial charge in [0.1, 0.15) is 17.0 Å². The first-order valence-corrected chi connectivity index (χ1v) is 5.22. The summed E-state index contributed by atoms with van der Waals surface area (Å²) in [6.45, 7) is 0. The van der Waals surface area contributed by atoms with E-state index < -0.39 is 5.63 Å². The van der Waals surface area contributed by atoms with Crippen molar-refractivity contribution in [2.24, 2.45) is 5.18 Å². The molecule has 0 amide bonds. The zero-order valence-electron chi connectivity index (χ0n) is 9.08. The van der Waals surface area contributed by atoms with Gasteiger partial charge in [-0.3, -0.25) is 0 Å². The minimum Gasteiger partial charge on any atom is -0.508 e. The molecular formula is C13H7NO4. The van der Waals surface area contributed by atoms with Gasteiger partial charge in [-0.2, -0.15) is 0 Å². The van der Waals surface area contributed by atoms with Crippen molar-refractivity contribution in [1.82, 2.24) is 0 Å². The molecule has 0 bridgehead atoms. The molecule has 3 aromatic rings. The SMILES string of the molecule is O=Nc1ccc2c(c1)oc(=O)c1cc(O)ccc12. The molecule has 5 heteroatoms. The van der Waals surface area contributed by atoms with Crippen molar-refractivity contribution >= 4 is 27.4 Å². The first-order valence-electron chi connectivity index (χ1n) is 5.22. The molecule has 0 aliphatic rings. The van der Waals surface area contributed by atoms with Gasteiger partial charge in [-0.25, -0.2) is 4.79 Å². The molecule has 0 aliphatic heterocycles. The number of hydrogen-bond acceptors (Lipinski definition) is 5. The molecule has 0 aliphatic carbocycles. The van der Waals surface area contributed by atoms with E-state index in [4.69, 9.17) is 4.42 Å². The van der Waals surface area contributed by atoms with Crippen LogP contribution in [-0.2, 0) is 0 Å². The second kappa shape index (κ2) is 3.66. The van der Waals surface area contributed by atoms with Gasteiger partial charge in [0, 0.05) is 16.8 Å². The van der Waals surface area contributed by atoms with Gasteiger partial charge in [-0.15, -0.1) is 4.91 Å². The summed E-state index contributed by atoms with van der Waals surface area (Å²) in [4.78, 5) is 22.2. The maximum absolute atomic E-state index is 11.8. The van der Waals surface area contributed by atoms with Crippen LogP contribution in [0.4, 0.5) is 5.69 Å².